The van der Waals surface area contributed by atoms with Gasteiger partial charge in [-0.05, 0) is 72.6 Å². The van der Waals surface area contributed by atoms with Crippen LogP contribution in [0.2, 0.25) is 0 Å². The van der Waals surface area contributed by atoms with Crippen molar-refractivity contribution in [2.24, 2.45) is 5.92 Å². The number of benzene rings is 2. The Balaban J connectivity index is 1.44. The number of carbonyl (C=O) groups is 1. The van der Waals surface area contributed by atoms with Crippen LogP contribution in [-0.2, 0) is 11.2 Å². The number of fused-ring (bicyclic) bond motifs is 1. The van der Waals surface area contributed by atoms with E-state index < -0.39 is 0 Å². The van der Waals surface area contributed by atoms with Crippen LogP contribution in [0, 0.1) is 11.7 Å². The standard InChI is InChI=1S/C20H21FN2O/c21-14-6-4-12(5-7-14)17-11-18(17)20(24)23-19-3-1-2-13-10-15(22)8-9-16(13)19/h4-10,17-19H,1-3,11,22H2,(H,23,24). The summed E-state index contributed by atoms with van der Waals surface area (Å²) in [4.78, 5) is 12.6. The van der Waals surface area contributed by atoms with Crippen LogP contribution in [0.25, 0.3) is 0 Å². The van der Waals surface area contributed by atoms with E-state index in [1.807, 2.05) is 18.2 Å². The van der Waals surface area contributed by atoms with E-state index in [4.69, 9.17) is 5.73 Å². The SMILES string of the molecule is Nc1ccc2c(c1)CCCC2NC(=O)C1CC1c1ccc(F)cc1. The van der Waals surface area contributed by atoms with E-state index in [0.29, 0.717) is 0 Å². The molecule has 4 rings (SSSR count). The number of halogens is 1. The molecule has 3 N–H and O–H groups in total. The minimum Gasteiger partial charge on any atom is -0.399 e. The normalized spacial score (nSPS) is 25.0. The first-order chi connectivity index (χ1) is 11.6. The fourth-order valence-corrected chi connectivity index (χ4v) is 3.83. The third-order valence-corrected chi connectivity index (χ3v) is 5.22. The van der Waals surface area contributed by atoms with Gasteiger partial charge in [-0.1, -0.05) is 18.2 Å². The van der Waals surface area contributed by atoms with Crippen LogP contribution in [-0.4, -0.2) is 5.91 Å². The Kier molecular flexibility index (Phi) is 3.75. The van der Waals surface area contributed by atoms with Crippen molar-refractivity contribution in [3.8, 4) is 0 Å². The van der Waals surface area contributed by atoms with Crippen LogP contribution < -0.4 is 11.1 Å². The van der Waals surface area contributed by atoms with Crippen molar-refractivity contribution >= 4 is 11.6 Å². The molecule has 0 aliphatic heterocycles. The minimum absolute atomic E-state index is 0.00891. The molecule has 0 radical (unpaired) electrons. The molecule has 3 nitrogen and oxygen atoms in total. The lowest BCUT2D eigenvalue weighted by atomic mass is 9.87. The number of hydrogen-bond donors (Lipinski definition) is 2. The van der Waals surface area contributed by atoms with Crippen LogP contribution in [0.1, 0.15) is 47.9 Å². The minimum atomic E-state index is -0.238. The number of rotatable bonds is 3. The third-order valence-electron chi connectivity index (χ3n) is 5.22. The molecule has 3 atom stereocenters. The molecule has 2 aromatic carbocycles. The molecular formula is C20H21FN2O. The summed E-state index contributed by atoms with van der Waals surface area (Å²) < 4.78 is 13.0. The zero-order chi connectivity index (χ0) is 16.7. The first-order valence-corrected chi connectivity index (χ1v) is 8.56. The van der Waals surface area contributed by atoms with Gasteiger partial charge in [-0.25, -0.2) is 4.39 Å². The maximum atomic E-state index is 13.0. The molecule has 2 aliphatic rings. The summed E-state index contributed by atoms with van der Waals surface area (Å²) in [5, 5.41) is 3.21. The van der Waals surface area contributed by atoms with E-state index in [1.165, 1.54) is 23.3 Å². The van der Waals surface area contributed by atoms with Crippen LogP contribution in [0.5, 0.6) is 0 Å². The number of carbonyl (C=O) groups excluding carboxylic acids is 1. The summed E-state index contributed by atoms with van der Waals surface area (Å²) in [7, 11) is 0. The Labute approximate surface area is 141 Å². The van der Waals surface area contributed by atoms with Crippen molar-refractivity contribution in [1.29, 1.82) is 0 Å². The highest BCUT2D eigenvalue weighted by molar-refractivity contribution is 5.83. The van der Waals surface area contributed by atoms with Crippen molar-refractivity contribution in [3.05, 3.63) is 65.0 Å². The maximum absolute atomic E-state index is 13.0. The smallest absolute Gasteiger partial charge is 0.224 e. The van der Waals surface area contributed by atoms with Gasteiger partial charge in [0.15, 0.2) is 0 Å². The average molecular weight is 324 g/mol. The van der Waals surface area contributed by atoms with Crippen molar-refractivity contribution in [2.45, 2.75) is 37.6 Å². The second-order valence-corrected chi connectivity index (χ2v) is 6.91. The molecule has 0 heterocycles. The zero-order valence-corrected chi connectivity index (χ0v) is 13.5. The maximum Gasteiger partial charge on any atom is 0.224 e. The summed E-state index contributed by atoms with van der Waals surface area (Å²) in [6.07, 6.45) is 3.90. The molecule has 24 heavy (non-hydrogen) atoms. The second kappa shape index (κ2) is 5.93. The Hall–Kier alpha value is -2.36. The first kappa shape index (κ1) is 15.2. The number of hydrogen-bond acceptors (Lipinski definition) is 2. The molecule has 2 aliphatic carbocycles. The highest BCUT2D eigenvalue weighted by Gasteiger charge is 2.44. The highest BCUT2D eigenvalue weighted by Crippen LogP contribution is 2.48. The predicted octanol–water partition coefficient (Wildman–Crippen LogP) is 3.71. The fraction of sp³-hybridized carbons (Fsp3) is 0.350. The molecule has 0 aromatic heterocycles. The second-order valence-electron chi connectivity index (χ2n) is 6.91. The van der Waals surface area contributed by atoms with Gasteiger partial charge in [0.05, 0.1) is 6.04 Å². The zero-order valence-electron chi connectivity index (χ0n) is 13.5. The Morgan fingerprint density at radius 1 is 1.17 bits per heavy atom. The molecule has 1 saturated carbocycles. The van der Waals surface area contributed by atoms with Gasteiger partial charge < -0.3 is 11.1 Å². The number of anilines is 1. The molecule has 124 valence electrons. The summed E-state index contributed by atoms with van der Waals surface area (Å²) in [5.41, 5.74) is 10.1. The van der Waals surface area contributed by atoms with Crippen LogP contribution in [0.3, 0.4) is 0 Å². The van der Waals surface area contributed by atoms with Gasteiger partial charge in [0.25, 0.3) is 0 Å². The van der Waals surface area contributed by atoms with Crippen molar-refractivity contribution in [2.75, 3.05) is 5.73 Å². The number of amides is 1. The number of nitrogens with two attached hydrogens (primary N) is 1. The lowest BCUT2D eigenvalue weighted by Gasteiger charge is -2.26. The van der Waals surface area contributed by atoms with Gasteiger partial charge in [-0.15, -0.1) is 0 Å². The molecule has 0 saturated heterocycles. The topological polar surface area (TPSA) is 55.1 Å². The van der Waals surface area contributed by atoms with Gasteiger partial charge in [-0.3, -0.25) is 4.79 Å². The monoisotopic (exact) mass is 324 g/mol. The third kappa shape index (κ3) is 2.88. The van der Waals surface area contributed by atoms with Gasteiger partial charge in [0, 0.05) is 11.6 Å². The predicted molar refractivity (Wildman–Crippen MR) is 91.9 cm³/mol. The van der Waals surface area contributed by atoms with Crippen LogP contribution >= 0.6 is 0 Å². The summed E-state index contributed by atoms with van der Waals surface area (Å²) in [6, 6.07) is 12.5. The van der Waals surface area contributed by atoms with Gasteiger partial charge in [0.1, 0.15) is 5.82 Å². The van der Waals surface area contributed by atoms with Crippen LogP contribution in [0.15, 0.2) is 42.5 Å². The van der Waals surface area contributed by atoms with E-state index in [-0.39, 0.29) is 29.6 Å². The summed E-state index contributed by atoms with van der Waals surface area (Å²) in [6.45, 7) is 0. The van der Waals surface area contributed by atoms with Crippen LogP contribution in [0.4, 0.5) is 10.1 Å². The fourth-order valence-electron chi connectivity index (χ4n) is 3.83. The Morgan fingerprint density at radius 3 is 2.75 bits per heavy atom. The molecule has 0 spiro atoms. The van der Waals surface area contributed by atoms with Gasteiger partial charge in [-0.2, -0.15) is 0 Å². The van der Waals surface area contributed by atoms with E-state index in [2.05, 4.69) is 5.32 Å². The van der Waals surface area contributed by atoms with Crippen molar-refractivity contribution in [1.82, 2.24) is 5.32 Å². The largest absolute Gasteiger partial charge is 0.399 e. The van der Waals surface area contributed by atoms with E-state index in [0.717, 1.165) is 36.9 Å². The average Bonchev–Trinajstić information content (AvgIpc) is 3.36. The molecular weight excluding hydrogens is 303 g/mol. The lowest BCUT2D eigenvalue weighted by molar-refractivity contribution is -0.123. The quantitative estimate of drug-likeness (QED) is 0.846. The van der Waals surface area contributed by atoms with Crippen molar-refractivity contribution < 1.29 is 9.18 Å². The van der Waals surface area contributed by atoms with Gasteiger partial charge >= 0.3 is 0 Å². The number of nitrogen functional groups attached to an aromatic ring is 1. The molecule has 1 fully saturated rings. The Morgan fingerprint density at radius 2 is 1.96 bits per heavy atom. The molecule has 1 amide bonds. The highest BCUT2D eigenvalue weighted by atomic mass is 19.1. The summed E-state index contributed by atoms with van der Waals surface area (Å²) in [5.74, 6) is 0.104. The molecule has 2 aromatic rings. The number of nitrogens with one attached hydrogen (secondary N) is 1. The Bertz CT molecular complexity index is 772. The van der Waals surface area contributed by atoms with Crippen molar-refractivity contribution in [3.63, 3.8) is 0 Å². The molecule has 4 heteroatoms. The number of aryl methyl sites for hydroxylation is 1. The lowest BCUT2D eigenvalue weighted by Crippen LogP contribution is -2.32. The summed E-state index contributed by atoms with van der Waals surface area (Å²) >= 11 is 0. The van der Waals surface area contributed by atoms with Gasteiger partial charge in [0.2, 0.25) is 5.91 Å². The van der Waals surface area contributed by atoms with E-state index in [1.54, 1.807) is 12.1 Å². The van der Waals surface area contributed by atoms with E-state index >= 15 is 0 Å². The first-order valence-electron chi connectivity index (χ1n) is 8.56. The van der Waals surface area contributed by atoms with E-state index in [9.17, 15) is 9.18 Å². The molecule has 3 unspecified atom stereocenters. The molecule has 0 bridgehead atoms.